The van der Waals surface area contributed by atoms with Crippen molar-refractivity contribution in [2.24, 2.45) is 0 Å². The standard InChI is InChI=1S/C10H15N3O2/c14-10(9-7-15-4-3-12-9)13-6-8-1-2-11-5-8/h1-2,5,9,11-12H,3-4,6-7H2,(H,13,14). The Kier molecular flexibility index (Phi) is 3.37. The highest BCUT2D eigenvalue weighted by Gasteiger charge is 2.20. The van der Waals surface area contributed by atoms with E-state index in [2.05, 4.69) is 15.6 Å². The molecule has 2 heterocycles. The molecule has 1 aliphatic rings. The van der Waals surface area contributed by atoms with Crippen molar-refractivity contribution >= 4 is 5.91 Å². The number of hydrogen-bond acceptors (Lipinski definition) is 3. The summed E-state index contributed by atoms with van der Waals surface area (Å²) < 4.78 is 5.21. The first-order valence-electron chi connectivity index (χ1n) is 5.07. The lowest BCUT2D eigenvalue weighted by Crippen LogP contribution is -2.51. The summed E-state index contributed by atoms with van der Waals surface area (Å²) in [5.74, 6) is -0.00380. The third-order valence-corrected chi connectivity index (χ3v) is 2.37. The van der Waals surface area contributed by atoms with Crippen LogP contribution < -0.4 is 10.6 Å². The Morgan fingerprint density at radius 2 is 2.60 bits per heavy atom. The Morgan fingerprint density at radius 3 is 3.27 bits per heavy atom. The zero-order valence-corrected chi connectivity index (χ0v) is 8.45. The first-order chi connectivity index (χ1) is 7.36. The lowest BCUT2D eigenvalue weighted by molar-refractivity contribution is -0.126. The van der Waals surface area contributed by atoms with Crippen LogP contribution in [0.5, 0.6) is 0 Å². The maximum Gasteiger partial charge on any atom is 0.239 e. The topological polar surface area (TPSA) is 66.2 Å². The molecule has 5 heteroatoms. The Morgan fingerprint density at radius 1 is 1.67 bits per heavy atom. The molecule has 1 atom stereocenters. The van der Waals surface area contributed by atoms with Gasteiger partial charge in [0, 0.05) is 25.5 Å². The molecule has 0 bridgehead atoms. The highest BCUT2D eigenvalue weighted by Crippen LogP contribution is 1.97. The van der Waals surface area contributed by atoms with Crippen LogP contribution >= 0.6 is 0 Å². The minimum atomic E-state index is -0.210. The van der Waals surface area contributed by atoms with Crippen LogP contribution in [0.15, 0.2) is 18.5 Å². The molecule has 0 aromatic carbocycles. The molecule has 0 spiro atoms. The van der Waals surface area contributed by atoms with Gasteiger partial charge in [0.1, 0.15) is 6.04 Å². The van der Waals surface area contributed by atoms with Crippen molar-refractivity contribution in [2.75, 3.05) is 19.8 Å². The Bertz CT molecular complexity index is 304. The minimum Gasteiger partial charge on any atom is -0.378 e. The van der Waals surface area contributed by atoms with Gasteiger partial charge in [0.05, 0.1) is 13.2 Å². The number of carbonyl (C=O) groups is 1. The number of morpholine rings is 1. The fraction of sp³-hybridized carbons (Fsp3) is 0.500. The molecule has 1 saturated heterocycles. The van der Waals surface area contributed by atoms with E-state index in [0.29, 0.717) is 19.8 Å². The minimum absolute atomic E-state index is 0.00380. The molecular weight excluding hydrogens is 194 g/mol. The fourth-order valence-corrected chi connectivity index (χ4v) is 1.51. The van der Waals surface area contributed by atoms with Gasteiger partial charge < -0.3 is 20.4 Å². The Hall–Kier alpha value is -1.33. The number of rotatable bonds is 3. The maximum absolute atomic E-state index is 11.6. The first kappa shape index (κ1) is 10.2. The highest BCUT2D eigenvalue weighted by atomic mass is 16.5. The van der Waals surface area contributed by atoms with E-state index in [4.69, 9.17) is 4.74 Å². The van der Waals surface area contributed by atoms with Gasteiger partial charge >= 0.3 is 0 Å². The third kappa shape index (κ3) is 2.81. The summed E-state index contributed by atoms with van der Waals surface area (Å²) in [4.78, 5) is 14.6. The van der Waals surface area contributed by atoms with Gasteiger partial charge in [-0.05, 0) is 11.6 Å². The molecule has 5 nitrogen and oxygen atoms in total. The quantitative estimate of drug-likeness (QED) is 0.635. The number of ether oxygens (including phenoxy) is 1. The van der Waals surface area contributed by atoms with Crippen LogP contribution in [0, 0.1) is 0 Å². The zero-order chi connectivity index (χ0) is 10.5. The van der Waals surface area contributed by atoms with E-state index in [0.717, 1.165) is 12.1 Å². The van der Waals surface area contributed by atoms with Crippen LogP contribution in [0.2, 0.25) is 0 Å². The second-order valence-corrected chi connectivity index (χ2v) is 3.52. The molecular formula is C10H15N3O2. The molecule has 82 valence electrons. The average Bonchev–Trinajstić information content (AvgIpc) is 2.80. The zero-order valence-electron chi connectivity index (χ0n) is 8.45. The normalized spacial score (nSPS) is 21.2. The summed E-state index contributed by atoms with van der Waals surface area (Å²) in [6.07, 6.45) is 3.70. The van der Waals surface area contributed by atoms with Crippen LogP contribution in [0.1, 0.15) is 5.56 Å². The smallest absolute Gasteiger partial charge is 0.239 e. The van der Waals surface area contributed by atoms with Crippen molar-refractivity contribution < 1.29 is 9.53 Å². The lowest BCUT2D eigenvalue weighted by Gasteiger charge is -2.22. The Balaban J connectivity index is 1.76. The van der Waals surface area contributed by atoms with Crippen molar-refractivity contribution in [3.05, 3.63) is 24.0 Å². The summed E-state index contributed by atoms with van der Waals surface area (Å²) in [5.41, 5.74) is 1.07. The summed E-state index contributed by atoms with van der Waals surface area (Å²) >= 11 is 0. The van der Waals surface area contributed by atoms with Gasteiger partial charge in [-0.3, -0.25) is 4.79 Å². The van der Waals surface area contributed by atoms with Gasteiger partial charge in [-0.25, -0.2) is 0 Å². The molecule has 2 rings (SSSR count). The number of aromatic amines is 1. The van der Waals surface area contributed by atoms with Crippen molar-refractivity contribution in [1.29, 1.82) is 0 Å². The number of carbonyl (C=O) groups excluding carboxylic acids is 1. The summed E-state index contributed by atoms with van der Waals surface area (Å²) in [5, 5.41) is 5.96. The molecule has 15 heavy (non-hydrogen) atoms. The molecule has 1 amide bonds. The van der Waals surface area contributed by atoms with E-state index < -0.39 is 0 Å². The number of H-pyrrole nitrogens is 1. The largest absolute Gasteiger partial charge is 0.378 e. The molecule has 0 saturated carbocycles. The van der Waals surface area contributed by atoms with Crippen LogP contribution in [0.4, 0.5) is 0 Å². The van der Waals surface area contributed by atoms with Gasteiger partial charge in [0.2, 0.25) is 5.91 Å². The van der Waals surface area contributed by atoms with E-state index in [9.17, 15) is 4.79 Å². The van der Waals surface area contributed by atoms with Crippen LogP contribution in [-0.4, -0.2) is 36.7 Å². The van der Waals surface area contributed by atoms with E-state index in [1.54, 1.807) is 0 Å². The fourth-order valence-electron chi connectivity index (χ4n) is 1.51. The monoisotopic (exact) mass is 209 g/mol. The molecule has 0 aliphatic carbocycles. The van der Waals surface area contributed by atoms with Crippen LogP contribution in [0.25, 0.3) is 0 Å². The average molecular weight is 209 g/mol. The first-order valence-corrected chi connectivity index (χ1v) is 5.07. The molecule has 0 radical (unpaired) electrons. The van der Waals surface area contributed by atoms with E-state index in [1.165, 1.54) is 0 Å². The van der Waals surface area contributed by atoms with Crippen molar-refractivity contribution in [3.63, 3.8) is 0 Å². The predicted molar refractivity (Wildman–Crippen MR) is 55.2 cm³/mol. The summed E-state index contributed by atoms with van der Waals surface area (Å²) in [6, 6.07) is 1.73. The van der Waals surface area contributed by atoms with Crippen molar-refractivity contribution in [1.82, 2.24) is 15.6 Å². The van der Waals surface area contributed by atoms with Crippen molar-refractivity contribution in [3.8, 4) is 0 Å². The van der Waals surface area contributed by atoms with Crippen LogP contribution in [0.3, 0.4) is 0 Å². The van der Waals surface area contributed by atoms with Crippen molar-refractivity contribution in [2.45, 2.75) is 12.6 Å². The molecule has 3 N–H and O–H groups in total. The summed E-state index contributed by atoms with van der Waals surface area (Å²) in [6.45, 7) is 2.43. The molecule has 1 aliphatic heterocycles. The number of nitrogens with one attached hydrogen (secondary N) is 3. The second kappa shape index (κ2) is 4.95. The molecule has 1 fully saturated rings. The number of aromatic nitrogens is 1. The van der Waals surface area contributed by atoms with E-state index >= 15 is 0 Å². The van der Waals surface area contributed by atoms with Gasteiger partial charge in [0.15, 0.2) is 0 Å². The molecule has 1 unspecified atom stereocenters. The molecule has 1 aromatic heterocycles. The number of hydrogen-bond donors (Lipinski definition) is 3. The van der Waals surface area contributed by atoms with Gasteiger partial charge in [0.25, 0.3) is 0 Å². The third-order valence-electron chi connectivity index (χ3n) is 2.37. The lowest BCUT2D eigenvalue weighted by atomic mass is 10.2. The van der Waals surface area contributed by atoms with E-state index in [-0.39, 0.29) is 11.9 Å². The molecule has 1 aromatic rings. The highest BCUT2D eigenvalue weighted by molar-refractivity contribution is 5.81. The Labute approximate surface area is 88.2 Å². The maximum atomic E-state index is 11.6. The predicted octanol–water partition coefficient (Wildman–Crippen LogP) is -0.381. The van der Waals surface area contributed by atoms with Gasteiger partial charge in [-0.2, -0.15) is 0 Å². The van der Waals surface area contributed by atoms with Crippen LogP contribution in [-0.2, 0) is 16.1 Å². The summed E-state index contributed by atoms with van der Waals surface area (Å²) in [7, 11) is 0. The number of amides is 1. The van der Waals surface area contributed by atoms with Gasteiger partial charge in [-0.1, -0.05) is 0 Å². The van der Waals surface area contributed by atoms with Gasteiger partial charge in [-0.15, -0.1) is 0 Å². The van der Waals surface area contributed by atoms with E-state index in [1.807, 2.05) is 18.5 Å². The SMILES string of the molecule is O=C(NCc1cc[nH]c1)C1COCCN1. The second-order valence-electron chi connectivity index (χ2n) is 3.52.